The molecule has 2 heteroatoms. The summed E-state index contributed by atoms with van der Waals surface area (Å²) in [6.45, 7) is 3.12. The first kappa shape index (κ1) is 23.1. The Morgan fingerprint density at radius 3 is 1.33 bits per heavy atom. The molecule has 2 nitrogen and oxygen atoms in total. The summed E-state index contributed by atoms with van der Waals surface area (Å²) >= 11 is 0. The molecule has 0 saturated carbocycles. The fraction of sp³-hybridized carbons (Fsp3) is 0.118. The molecule has 0 spiro atoms. The maximum atomic E-state index is 9.41. The van der Waals surface area contributed by atoms with Crippen molar-refractivity contribution in [1.82, 2.24) is 0 Å². The summed E-state index contributed by atoms with van der Waals surface area (Å²) in [4.78, 5) is 0. The van der Waals surface area contributed by atoms with Gasteiger partial charge in [-0.05, 0) is 62.4 Å². The lowest BCUT2D eigenvalue weighted by Gasteiger charge is -2.43. The zero-order chi connectivity index (χ0) is 24.9. The van der Waals surface area contributed by atoms with E-state index in [1.807, 2.05) is 0 Å². The van der Waals surface area contributed by atoms with Crippen molar-refractivity contribution in [1.29, 1.82) is 10.5 Å². The molecular weight excluding hydrogens is 436 g/mol. The summed E-state index contributed by atoms with van der Waals surface area (Å²) in [5.74, 6) is 0.847. The number of hydrogen-bond donors (Lipinski definition) is 0. The van der Waals surface area contributed by atoms with E-state index in [0.29, 0.717) is 5.92 Å². The summed E-state index contributed by atoms with van der Waals surface area (Å²) in [5, 5.41) is 22.2. The van der Waals surface area contributed by atoms with E-state index in [2.05, 4.69) is 122 Å². The van der Waals surface area contributed by atoms with Gasteiger partial charge < -0.3 is 0 Å². The van der Waals surface area contributed by atoms with Gasteiger partial charge in [-0.15, -0.1) is 0 Å². The molecule has 3 aliphatic rings. The third-order valence-electron chi connectivity index (χ3n) is 7.18. The van der Waals surface area contributed by atoms with E-state index in [-0.39, 0.29) is 11.8 Å². The third kappa shape index (κ3) is 4.26. The van der Waals surface area contributed by atoms with Crippen LogP contribution in [0.1, 0.15) is 40.5 Å². The molecule has 0 saturated heterocycles. The molecule has 0 heterocycles. The van der Waals surface area contributed by atoms with Gasteiger partial charge in [-0.25, -0.2) is 0 Å². The Balaban J connectivity index is 0.000000133. The van der Waals surface area contributed by atoms with Gasteiger partial charge >= 0.3 is 0 Å². The van der Waals surface area contributed by atoms with E-state index < -0.39 is 0 Å². The molecule has 0 amide bonds. The van der Waals surface area contributed by atoms with Gasteiger partial charge in [0.15, 0.2) is 0 Å². The molecule has 0 aliphatic heterocycles. The van der Waals surface area contributed by atoms with Crippen molar-refractivity contribution in [3.63, 3.8) is 0 Å². The molecule has 0 N–H and O–H groups in total. The van der Waals surface area contributed by atoms with Crippen LogP contribution in [0.4, 0.5) is 0 Å². The van der Waals surface area contributed by atoms with E-state index >= 15 is 0 Å². The van der Waals surface area contributed by atoms with Crippen molar-refractivity contribution in [2.24, 2.45) is 5.92 Å². The SMILES string of the molecule is C=CC#N.N#CC1CC2c3ccccc3C1c1ccccc12.c1ccc2cc3ccccc3cc2c1. The van der Waals surface area contributed by atoms with Gasteiger partial charge in [-0.1, -0.05) is 104 Å². The van der Waals surface area contributed by atoms with Gasteiger partial charge in [0.1, 0.15) is 0 Å². The van der Waals surface area contributed by atoms with Crippen molar-refractivity contribution >= 4 is 21.5 Å². The minimum Gasteiger partial charge on any atom is -0.198 e. The topological polar surface area (TPSA) is 47.6 Å². The second-order valence-corrected chi connectivity index (χ2v) is 9.14. The zero-order valence-electron chi connectivity index (χ0n) is 20.0. The number of benzene rings is 5. The summed E-state index contributed by atoms with van der Waals surface area (Å²) < 4.78 is 0. The molecule has 0 aromatic heterocycles. The molecular formula is C34H26N2. The lowest BCUT2D eigenvalue weighted by Crippen LogP contribution is -2.31. The van der Waals surface area contributed by atoms with Crippen molar-refractivity contribution in [2.75, 3.05) is 0 Å². The lowest BCUT2D eigenvalue weighted by molar-refractivity contribution is 0.431. The van der Waals surface area contributed by atoms with Gasteiger partial charge in [0, 0.05) is 17.9 Å². The summed E-state index contributed by atoms with van der Waals surface area (Å²) in [6.07, 6.45) is 2.16. The number of nitriles is 2. The van der Waals surface area contributed by atoms with Crippen molar-refractivity contribution in [2.45, 2.75) is 18.3 Å². The first-order valence-corrected chi connectivity index (χ1v) is 12.2. The van der Waals surface area contributed by atoms with Crippen LogP contribution in [0.15, 0.2) is 122 Å². The Morgan fingerprint density at radius 2 is 0.972 bits per heavy atom. The largest absolute Gasteiger partial charge is 0.198 e. The van der Waals surface area contributed by atoms with Gasteiger partial charge in [-0.3, -0.25) is 0 Å². The highest BCUT2D eigenvalue weighted by Gasteiger charge is 2.42. The molecule has 1 unspecified atom stereocenters. The first-order valence-electron chi connectivity index (χ1n) is 12.2. The van der Waals surface area contributed by atoms with Crippen LogP contribution in [0.25, 0.3) is 21.5 Å². The third-order valence-corrected chi connectivity index (χ3v) is 7.18. The predicted octanol–water partition coefficient (Wildman–Crippen LogP) is 8.50. The highest BCUT2D eigenvalue weighted by atomic mass is 14.5. The molecule has 172 valence electrons. The maximum Gasteiger partial charge on any atom is 0.0905 e. The van der Waals surface area contributed by atoms with E-state index in [4.69, 9.17) is 5.26 Å². The van der Waals surface area contributed by atoms with Crippen LogP contribution in [0.3, 0.4) is 0 Å². The Morgan fingerprint density at radius 1 is 0.611 bits per heavy atom. The minimum atomic E-state index is 0.139. The number of hydrogen-bond acceptors (Lipinski definition) is 2. The quantitative estimate of drug-likeness (QED) is 0.171. The molecule has 3 aliphatic carbocycles. The Kier molecular flexibility index (Phi) is 6.61. The van der Waals surface area contributed by atoms with Crippen LogP contribution in [0, 0.1) is 28.6 Å². The summed E-state index contributed by atoms with van der Waals surface area (Å²) in [7, 11) is 0. The van der Waals surface area contributed by atoms with Crippen LogP contribution < -0.4 is 0 Å². The van der Waals surface area contributed by atoms with Gasteiger partial charge in [0.25, 0.3) is 0 Å². The number of nitrogens with zero attached hydrogens (tertiary/aromatic N) is 2. The second kappa shape index (κ2) is 10.3. The minimum absolute atomic E-state index is 0.139. The highest BCUT2D eigenvalue weighted by molar-refractivity contribution is 5.98. The Labute approximate surface area is 212 Å². The van der Waals surface area contributed by atoms with E-state index in [1.54, 1.807) is 6.07 Å². The zero-order valence-corrected chi connectivity index (χ0v) is 20.0. The maximum absolute atomic E-state index is 9.41. The molecule has 5 aromatic carbocycles. The Bertz CT molecular complexity index is 1480. The highest BCUT2D eigenvalue weighted by Crippen LogP contribution is 2.54. The van der Waals surface area contributed by atoms with Gasteiger partial charge in [-0.2, -0.15) is 10.5 Å². The second-order valence-electron chi connectivity index (χ2n) is 9.14. The molecule has 0 fully saturated rings. The average Bonchev–Trinajstić information content (AvgIpc) is 2.96. The molecule has 2 bridgehead atoms. The number of allylic oxidation sites excluding steroid dienone is 1. The molecule has 1 atom stereocenters. The van der Waals surface area contributed by atoms with E-state index in [1.165, 1.54) is 49.9 Å². The Hall–Kier alpha value is -4.66. The standard InChI is InChI=1S/C17H13N.C14H10.C3H3N/c18-10-11-9-16-12-5-1-3-7-14(12)17(11)15-8-4-2-6-13(15)16;1-2-6-12-10-14-8-4-3-7-13(14)9-11(12)5-1;1-2-3-4/h1-8,11,16-17H,9H2;1-10H;2H,1H2. The van der Waals surface area contributed by atoms with E-state index in [0.717, 1.165) is 6.42 Å². The van der Waals surface area contributed by atoms with Crippen LogP contribution in [0.5, 0.6) is 0 Å². The van der Waals surface area contributed by atoms with Crippen LogP contribution in [0.2, 0.25) is 0 Å². The smallest absolute Gasteiger partial charge is 0.0905 e. The molecule has 5 aromatic rings. The number of fused-ring (bicyclic) bond motifs is 3. The van der Waals surface area contributed by atoms with Crippen molar-refractivity contribution in [3.8, 4) is 12.1 Å². The summed E-state index contributed by atoms with van der Waals surface area (Å²) in [6, 6.07) is 42.9. The van der Waals surface area contributed by atoms with Crippen LogP contribution in [-0.4, -0.2) is 0 Å². The summed E-state index contributed by atoms with van der Waals surface area (Å²) in [5.41, 5.74) is 5.62. The number of rotatable bonds is 0. The van der Waals surface area contributed by atoms with Crippen LogP contribution >= 0.6 is 0 Å². The van der Waals surface area contributed by atoms with Crippen molar-refractivity contribution in [3.05, 3.63) is 144 Å². The van der Waals surface area contributed by atoms with Gasteiger partial charge in [0.2, 0.25) is 0 Å². The molecule has 8 rings (SSSR count). The van der Waals surface area contributed by atoms with E-state index in [9.17, 15) is 5.26 Å². The normalized spacial score (nSPS) is 18.2. The molecule has 36 heavy (non-hydrogen) atoms. The lowest BCUT2D eigenvalue weighted by atomic mass is 9.59. The average molecular weight is 463 g/mol. The predicted molar refractivity (Wildman–Crippen MR) is 148 cm³/mol. The molecule has 0 radical (unpaired) electrons. The fourth-order valence-electron chi connectivity index (χ4n) is 5.65. The monoisotopic (exact) mass is 462 g/mol. The van der Waals surface area contributed by atoms with Gasteiger partial charge in [0.05, 0.1) is 18.1 Å². The first-order chi connectivity index (χ1) is 17.7. The fourth-order valence-corrected chi connectivity index (χ4v) is 5.65. The van der Waals surface area contributed by atoms with Crippen LogP contribution in [-0.2, 0) is 0 Å². The van der Waals surface area contributed by atoms with Crippen molar-refractivity contribution < 1.29 is 0 Å².